The van der Waals surface area contributed by atoms with Crippen molar-refractivity contribution in [3.05, 3.63) is 89.0 Å². The second kappa shape index (κ2) is 8.72. The lowest BCUT2D eigenvalue weighted by Crippen LogP contribution is -2.48. The van der Waals surface area contributed by atoms with Crippen molar-refractivity contribution >= 4 is 5.91 Å². The van der Waals surface area contributed by atoms with Gasteiger partial charge in [-0.05, 0) is 35.2 Å². The van der Waals surface area contributed by atoms with Crippen LogP contribution in [-0.2, 0) is 30.7 Å². The zero-order valence-corrected chi connectivity index (χ0v) is 16.1. The highest BCUT2D eigenvalue weighted by Crippen LogP contribution is 2.16. The first-order valence-electron chi connectivity index (χ1n) is 9.79. The topological polar surface area (TPSA) is 82.7 Å². The molecule has 0 saturated carbocycles. The molecule has 2 heterocycles. The van der Waals surface area contributed by atoms with Crippen molar-refractivity contribution in [2.75, 3.05) is 6.54 Å². The molecule has 1 aromatic heterocycles. The highest BCUT2D eigenvalue weighted by Gasteiger charge is 2.23. The number of rotatable bonds is 6. The van der Waals surface area contributed by atoms with Crippen LogP contribution < -0.4 is 10.6 Å². The lowest BCUT2D eigenvalue weighted by atomic mass is 9.95. The summed E-state index contributed by atoms with van der Waals surface area (Å²) < 4.78 is 2.07. The van der Waals surface area contributed by atoms with E-state index in [1.165, 1.54) is 11.1 Å². The van der Waals surface area contributed by atoms with E-state index < -0.39 is 0 Å². The standard InChI is InChI=1S/C23H23N5O/c24-12-17-5-7-18(8-6-17)15-28-16-25-14-21(28)9-10-26-23(29)22-11-19-3-1-2-4-20(19)13-27-22/h1-8,14,16,22,27H,9-11,13,15H2,(H,26,29)/t22-/m0/s1. The molecular weight excluding hydrogens is 362 g/mol. The van der Waals surface area contributed by atoms with Gasteiger partial charge < -0.3 is 15.2 Å². The Labute approximate surface area is 170 Å². The molecule has 1 amide bonds. The van der Waals surface area contributed by atoms with E-state index in [0.29, 0.717) is 25.1 Å². The Bertz CT molecular complexity index is 1030. The molecule has 146 valence electrons. The summed E-state index contributed by atoms with van der Waals surface area (Å²) in [7, 11) is 0. The lowest BCUT2D eigenvalue weighted by molar-refractivity contribution is -0.123. The van der Waals surface area contributed by atoms with Gasteiger partial charge in [-0.3, -0.25) is 4.79 Å². The maximum absolute atomic E-state index is 12.6. The Kier molecular flexibility index (Phi) is 5.68. The molecule has 2 aromatic carbocycles. The number of amides is 1. The monoisotopic (exact) mass is 385 g/mol. The molecule has 0 fully saturated rings. The van der Waals surface area contributed by atoms with E-state index in [1.807, 2.05) is 42.6 Å². The fraction of sp³-hybridized carbons (Fsp3) is 0.261. The first kappa shape index (κ1) is 18.9. The van der Waals surface area contributed by atoms with Crippen molar-refractivity contribution in [3.8, 4) is 6.07 Å². The van der Waals surface area contributed by atoms with Crippen LogP contribution >= 0.6 is 0 Å². The third-order valence-corrected chi connectivity index (χ3v) is 5.31. The molecule has 0 saturated heterocycles. The van der Waals surface area contributed by atoms with Crippen LogP contribution in [0.1, 0.15) is 27.9 Å². The summed E-state index contributed by atoms with van der Waals surface area (Å²) in [6.07, 6.45) is 5.07. The smallest absolute Gasteiger partial charge is 0.237 e. The number of nitrogens with zero attached hydrogens (tertiary/aromatic N) is 3. The molecule has 0 aliphatic carbocycles. The van der Waals surface area contributed by atoms with Crippen LogP contribution in [0.4, 0.5) is 0 Å². The van der Waals surface area contributed by atoms with Gasteiger partial charge in [0.15, 0.2) is 0 Å². The number of imidazole rings is 1. The Hall–Kier alpha value is -3.43. The Morgan fingerprint density at radius 1 is 1.21 bits per heavy atom. The van der Waals surface area contributed by atoms with Crippen molar-refractivity contribution in [3.63, 3.8) is 0 Å². The number of carbonyl (C=O) groups excluding carboxylic acids is 1. The maximum atomic E-state index is 12.6. The van der Waals surface area contributed by atoms with Gasteiger partial charge in [0.1, 0.15) is 0 Å². The molecule has 29 heavy (non-hydrogen) atoms. The predicted octanol–water partition coefficient (Wildman–Crippen LogP) is 2.18. The molecule has 1 aliphatic rings. The third kappa shape index (κ3) is 4.53. The summed E-state index contributed by atoms with van der Waals surface area (Å²) in [5.74, 6) is 0.0395. The number of benzene rings is 2. The predicted molar refractivity (Wildman–Crippen MR) is 110 cm³/mol. The van der Waals surface area contributed by atoms with E-state index in [0.717, 1.165) is 24.2 Å². The average molecular weight is 385 g/mol. The molecule has 4 rings (SSSR count). The van der Waals surface area contributed by atoms with Gasteiger partial charge in [-0.1, -0.05) is 36.4 Å². The first-order valence-corrected chi connectivity index (χ1v) is 9.79. The summed E-state index contributed by atoms with van der Waals surface area (Å²) in [6.45, 7) is 1.99. The van der Waals surface area contributed by atoms with Crippen LogP contribution in [0.3, 0.4) is 0 Å². The van der Waals surface area contributed by atoms with Gasteiger partial charge in [-0.25, -0.2) is 4.98 Å². The molecule has 2 N–H and O–H groups in total. The van der Waals surface area contributed by atoms with Gasteiger partial charge in [0.05, 0.1) is 24.0 Å². The van der Waals surface area contributed by atoms with Gasteiger partial charge in [0.25, 0.3) is 0 Å². The van der Waals surface area contributed by atoms with Gasteiger partial charge in [-0.2, -0.15) is 5.26 Å². The van der Waals surface area contributed by atoms with Crippen molar-refractivity contribution in [2.24, 2.45) is 0 Å². The zero-order chi connectivity index (χ0) is 20.1. The minimum absolute atomic E-state index is 0.0395. The number of hydrogen-bond donors (Lipinski definition) is 2. The van der Waals surface area contributed by atoms with E-state index in [2.05, 4.69) is 38.4 Å². The van der Waals surface area contributed by atoms with Crippen molar-refractivity contribution in [2.45, 2.75) is 32.0 Å². The minimum atomic E-state index is -0.187. The van der Waals surface area contributed by atoms with Crippen LogP contribution in [-0.4, -0.2) is 28.0 Å². The van der Waals surface area contributed by atoms with Gasteiger partial charge in [0, 0.05) is 37.9 Å². The molecule has 1 aliphatic heterocycles. The van der Waals surface area contributed by atoms with Gasteiger partial charge in [0.2, 0.25) is 5.91 Å². The van der Waals surface area contributed by atoms with E-state index in [9.17, 15) is 4.79 Å². The fourth-order valence-corrected chi connectivity index (χ4v) is 3.66. The van der Waals surface area contributed by atoms with Crippen molar-refractivity contribution in [1.29, 1.82) is 5.26 Å². The number of nitriles is 1. The minimum Gasteiger partial charge on any atom is -0.354 e. The molecular formula is C23H23N5O. The molecule has 0 unspecified atom stereocenters. The largest absolute Gasteiger partial charge is 0.354 e. The summed E-state index contributed by atoms with van der Waals surface area (Å²) in [6, 6.07) is 17.7. The second-order valence-electron chi connectivity index (χ2n) is 7.27. The summed E-state index contributed by atoms with van der Waals surface area (Å²) in [5.41, 5.74) is 5.34. The van der Waals surface area contributed by atoms with Gasteiger partial charge >= 0.3 is 0 Å². The van der Waals surface area contributed by atoms with Crippen LogP contribution in [0.25, 0.3) is 0 Å². The Morgan fingerprint density at radius 2 is 2.00 bits per heavy atom. The van der Waals surface area contributed by atoms with E-state index in [-0.39, 0.29) is 11.9 Å². The molecule has 1 atom stereocenters. The first-order chi connectivity index (χ1) is 14.2. The molecule has 0 bridgehead atoms. The van der Waals surface area contributed by atoms with Crippen LogP contribution in [0.5, 0.6) is 0 Å². The van der Waals surface area contributed by atoms with Crippen LogP contribution in [0.2, 0.25) is 0 Å². The summed E-state index contributed by atoms with van der Waals surface area (Å²) in [4.78, 5) is 16.8. The fourth-order valence-electron chi connectivity index (χ4n) is 3.66. The van der Waals surface area contributed by atoms with Crippen molar-refractivity contribution < 1.29 is 4.79 Å². The summed E-state index contributed by atoms with van der Waals surface area (Å²) in [5, 5.41) is 15.3. The van der Waals surface area contributed by atoms with Crippen LogP contribution in [0.15, 0.2) is 61.1 Å². The van der Waals surface area contributed by atoms with Gasteiger partial charge in [-0.15, -0.1) is 0 Å². The maximum Gasteiger partial charge on any atom is 0.237 e. The van der Waals surface area contributed by atoms with Crippen molar-refractivity contribution in [1.82, 2.24) is 20.2 Å². The number of carbonyl (C=O) groups is 1. The number of aromatic nitrogens is 2. The molecule has 3 aromatic rings. The average Bonchev–Trinajstić information content (AvgIpc) is 3.20. The van der Waals surface area contributed by atoms with E-state index >= 15 is 0 Å². The quantitative estimate of drug-likeness (QED) is 0.681. The molecule has 6 nitrogen and oxygen atoms in total. The molecule has 6 heteroatoms. The number of fused-ring (bicyclic) bond motifs is 1. The third-order valence-electron chi connectivity index (χ3n) is 5.31. The van der Waals surface area contributed by atoms with E-state index in [4.69, 9.17) is 5.26 Å². The second-order valence-corrected chi connectivity index (χ2v) is 7.27. The highest BCUT2D eigenvalue weighted by atomic mass is 16.2. The lowest BCUT2D eigenvalue weighted by Gasteiger charge is -2.25. The zero-order valence-electron chi connectivity index (χ0n) is 16.1. The molecule has 0 radical (unpaired) electrons. The Balaban J connectivity index is 1.29. The Morgan fingerprint density at radius 3 is 2.79 bits per heavy atom. The number of hydrogen-bond acceptors (Lipinski definition) is 4. The SMILES string of the molecule is N#Cc1ccc(Cn2cncc2CCNC(=O)[C@@H]2Cc3ccccc3CN2)cc1. The van der Waals surface area contributed by atoms with Crippen LogP contribution in [0, 0.1) is 11.3 Å². The molecule has 0 spiro atoms. The number of nitrogens with one attached hydrogen (secondary N) is 2. The summed E-state index contributed by atoms with van der Waals surface area (Å²) >= 11 is 0. The normalized spacial score (nSPS) is 15.3. The highest BCUT2D eigenvalue weighted by molar-refractivity contribution is 5.82. The van der Waals surface area contributed by atoms with E-state index in [1.54, 1.807) is 6.33 Å².